The van der Waals surface area contributed by atoms with Crippen LogP contribution in [-0.2, 0) is 14.9 Å². The lowest BCUT2D eigenvalue weighted by molar-refractivity contribution is 0.0154. The van der Waals surface area contributed by atoms with Crippen LogP contribution in [0.15, 0.2) is 64.7 Å². The topological polar surface area (TPSA) is 30.8 Å². The highest BCUT2D eigenvalue weighted by molar-refractivity contribution is 5.98. The van der Waals surface area contributed by atoms with Crippen LogP contribution in [0.4, 0.5) is 0 Å². The fourth-order valence-corrected chi connectivity index (χ4v) is 5.49. The molecule has 0 N–H and O–H groups in total. The molecule has 1 aromatic carbocycles. The first-order chi connectivity index (χ1) is 17.3. The van der Waals surface area contributed by atoms with Crippen molar-refractivity contribution in [1.82, 2.24) is 0 Å². The Balaban J connectivity index is 0.000000840. The third-order valence-electron chi connectivity index (χ3n) is 8.22. The molecule has 0 radical (unpaired) electrons. The summed E-state index contributed by atoms with van der Waals surface area (Å²) in [4.78, 5) is 4.67. The summed E-state index contributed by atoms with van der Waals surface area (Å²) in [5.74, 6) is 1.35. The molecule has 2 saturated carbocycles. The molecule has 1 aromatic rings. The maximum atomic E-state index is 6.56. The largest absolute Gasteiger partial charge is 0.385 e. The summed E-state index contributed by atoms with van der Waals surface area (Å²) in [5.41, 5.74) is 7.12. The quantitative estimate of drug-likeness (QED) is 0.256. The van der Waals surface area contributed by atoms with Crippen molar-refractivity contribution < 1.29 is 9.47 Å². The van der Waals surface area contributed by atoms with Crippen molar-refractivity contribution in [3.05, 3.63) is 70.8 Å². The van der Waals surface area contributed by atoms with Crippen LogP contribution in [0.1, 0.15) is 96.8 Å². The van der Waals surface area contributed by atoms with Crippen LogP contribution in [0.3, 0.4) is 0 Å². The van der Waals surface area contributed by atoms with Crippen LogP contribution >= 0.6 is 0 Å². The number of hydrogen-bond acceptors (Lipinski definition) is 3. The number of ether oxygens (including phenoxy) is 2. The highest BCUT2D eigenvalue weighted by Gasteiger charge is 2.37. The summed E-state index contributed by atoms with van der Waals surface area (Å²) in [6.07, 6.45) is 18.5. The van der Waals surface area contributed by atoms with Crippen molar-refractivity contribution in [3.8, 4) is 0 Å². The minimum absolute atomic E-state index is 0.0745. The van der Waals surface area contributed by atoms with Gasteiger partial charge in [0.1, 0.15) is 0 Å². The fourth-order valence-electron chi connectivity index (χ4n) is 5.49. The molecule has 3 nitrogen and oxygen atoms in total. The van der Waals surface area contributed by atoms with E-state index in [1.807, 2.05) is 14.0 Å². The van der Waals surface area contributed by atoms with E-state index in [0.29, 0.717) is 11.8 Å². The van der Waals surface area contributed by atoms with Gasteiger partial charge in [-0.05, 0) is 92.6 Å². The zero-order valence-corrected chi connectivity index (χ0v) is 23.8. The molecule has 0 amide bonds. The second-order valence-corrected chi connectivity index (χ2v) is 11.2. The Morgan fingerprint density at radius 3 is 2.28 bits per heavy atom. The molecule has 198 valence electrons. The lowest BCUT2D eigenvalue weighted by Crippen LogP contribution is -2.23. The number of aliphatic imine (C=N–C) groups is 1. The third kappa shape index (κ3) is 7.07. The number of fused-ring (bicyclic) bond motifs is 1. The van der Waals surface area contributed by atoms with Crippen LogP contribution in [-0.4, -0.2) is 32.6 Å². The molecule has 4 rings (SSSR count). The van der Waals surface area contributed by atoms with E-state index >= 15 is 0 Å². The summed E-state index contributed by atoms with van der Waals surface area (Å²) in [7, 11) is 3.64. The van der Waals surface area contributed by atoms with Gasteiger partial charge in [-0.2, -0.15) is 0 Å². The van der Waals surface area contributed by atoms with E-state index in [1.165, 1.54) is 66.5 Å². The Morgan fingerprint density at radius 2 is 1.75 bits per heavy atom. The molecule has 0 spiro atoms. The van der Waals surface area contributed by atoms with E-state index < -0.39 is 0 Å². The first-order valence-corrected chi connectivity index (χ1v) is 14.1. The van der Waals surface area contributed by atoms with Crippen LogP contribution in [0.2, 0.25) is 0 Å². The van der Waals surface area contributed by atoms with Gasteiger partial charge in [0.25, 0.3) is 0 Å². The monoisotopic (exact) mass is 491 g/mol. The molecular formula is C33H49NO2. The number of methoxy groups -OCH3 is 1. The van der Waals surface area contributed by atoms with Crippen molar-refractivity contribution in [3.63, 3.8) is 0 Å². The molecule has 36 heavy (non-hydrogen) atoms. The van der Waals surface area contributed by atoms with Gasteiger partial charge in [-0.15, -0.1) is 0 Å². The van der Waals surface area contributed by atoms with Crippen molar-refractivity contribution >= 4 is 5.71 Å². The van der Waals surface area contributed by atoms with Gasteiger partial charge in [0.05, 0.1) is 12.2 Å². The van der Waals surface area contributed by atoms with Crippen LogP contribution < -0.4 is 0 Å². The van der Waals surface area contributed by atoms with Crippen LogP contribution in [0.5, 0.6) is 0 Å². The Bertz CT molecular complexity index is 958. The lowest BCUT2D eigenvalue weighted by Gasteiger charge is -2.31. The van der Waals surface area contributed by atoms with Gasteiger partial charge in [-0.3, -0.25) is 4.99 Å². The Morgan fingerprint density at radius 1 is 1.11 bits per heavy atom. The second-order valence-electron chi connectivity index (χ2n) is 11.2. The summed E-state index contributed by atoms with van der Waals surface area (Å²) < 4.78 is 11.1. The number of allylic oxidation sites excluding steroid dienone is 5. The predicted octanol–water partition coefficient (Wildman–Crippen LogP) is 8.57. The number of nitrogens with zero attached hydrogens (tertiary/aromatic N) is 1. The van der Waals surface area contributed by atoms with Crippen molar-refractivity contribution in [2.45, 2.75) is 97.2 Å². The number of benzene rings is 1. The van der Waals surface area contributed by atoms with Gasteiger partial charge in [0.2, 0.25) is 0 Å². The van der Waals surface area contributed by atoms with E-state index in [4.69, 9.17) is 4.74 Å². The first-order valence-electron chi connectivity index (χ1n) is 14.1. The third-order valence-corrected chi connectivity index (χ3v) is 8.22. The molecule has 0 aliphatic heterocycles. The zero-order chi connectivity index (χ0) is 26.1. The summed E-state index contributed by atoms with van der Waals surface area (Å²) in [6.45, 7) is 11.8. The molecule has 3 aliphatic carbocycles. The minimum atomic E-state index is 0.0745. The molecule has 0 aromatic heterocycles. The lowest BCUT2D eigenvalue weighted by atomic mass is 9.74. The normalized spacial score (nSPS) is 23.5. The smallest absolute Gasteiger partial charge is 0.0844 e. The van der Waals surface area contributed by atoms with Crippen molar-refractivity contribution in [2.24, 2.45) is 16.8 Å². The molecule has 1 unspecified atom stereocenters. The Labute approximate surface area is 220 Å². The second kappa shape index (κ2) is 13.5. The molecule has 0 saturated heterocycles. The molecule has 2 fully saturated rings. The van der Waals surface area contributed by atoms with Gasteiger partial charge in [-0.25, -0.2) is 0 Å². The number of hydrogen-bond donors (Lipinski definition) is 0. The minimum Gasteiger partial charge on any atom is -0.385 e. The highest BCUT2D eigenvalue weighted by Crippen LogP contribution is 2.46. The van der Waals surface area contributed by atoms with E-state index in [1.54, 1.807) is 7.11 Å². The van der Waals surface area contributed by atoms with Gasteiger partial charge in [0, 0.05) is 32.4 Å². The van der Waals surface area contributed by atoms with E-state index in [-0.39, 0.29) is 17.6 Å². The first kappa shape index (κ1) is 28.6. The van der Waals surface area contributed by atoms with Crippen LogP contribution in [0, 0.1) is 11.8 Å². The van der Waals surface area contributed by atoms with Gasteiger partial charge in [-0.1, -0.05) is 69.2 Å². The molecule has 3 heteroatoms. The number of rotatable bonds is 9. The molecule has 0 heterocycles. The summed E-state index contributed by atoms with van der Waals surface area (Å²) >= 11 is 0. The average molecular weight is 492 g/mol. The summed E-state index contributed by atoms with van der Waals surface area (Å²) in [5, 5.41) is 0. The van der Waals surface area contributed by atoms with Crippen molar-refractivity contribution in [1.29, 1.82) is 0 Å². The Kier molecular flexibility index (Phi) is 10.8. The highest BCUT2D eigenvalue weighted by atomic mass is 16.5. The maximum Gasteiger partial charge on any atom is 0.0844 e. The predicted molar refractivity (Wildman–Crippen MR) is 154 cm³/mol. The average Bonchev–Trinajstić information content (AvgIpc) is 3.06. The molecule has 3 aliphatic rings. The molecule has 2 atom stereocenters. The Hall–Kier alpha value is -1.97. The maximum absolute atomic E-state index is 6.56. The van der Waals surface area contributed by atoms with Gasteiger partial charge < -0.3 is 9.47 Å². The van der Waals surface area contributed by atoms with Gasteiger partial charge in [0.15, 0.2) is 0 Å². The molecule has 0 bridgehead atoms. The van der Waals surface area contributed by atoms with Crippen LogP contribution in [0.25, 0.3) is 0 Å². The zero-order valence-electron chi connectivity index (χ0n) is 23.8. The van der Waals surface area contributed by atoms with Crippen molar-refractivity contribution in [2.75, 3.05) is 20.8 Å². The SMILES string of the molecule is C/C=C(\C=C/[C@H](C)OC1CC(C)(C)c2ccccc21)C(=C/C(=NC)C1CCC1)/C1CCC1.CCOC. The standard InChI is InChI=1S/C30H41NO.C3H8O/c1-6-22(26(23-11-9-12-23)19-28(31-5)24-13-10-14-24)18-17-21(2)32-29-20-30(3,4)27-16-8-7-15-25(27)29;1-3-4-2/h6-8,15-19,21,23-24,29H,9-14,20H2,1-5H3;3H2,1-2H3/b18-17-,22-6+,26-19-,31-28?;/t21-,29?;/m0./s1. The fraction of sp³-hybridized carbons (Fsp3) is 0.606. The van der Waals surface area contributed by atoms with E-state index in [9.17, 15) is 0 Å². The molecular weight excluding hydrogens is 442 g/mol. The van der Waals surface area contributed by atoms with E-state index in [0.717, 1.165) is 13.0 Å². The van der Waals surface area contributed by atoms with Gasteiger partial charge >= 0.3 is 0 Å². The summed E-state index contributed by atoms with van der Waals surface area (Å²) in [6, 6.07) is 8.80. The van der Waals surface area contributed by atoms with E-state index in [2.05, 4.69) is 86.0 Å².